The van der Waals surface area contributed by atoms with Crippen LogP contribution in [0, 0.1) is 22.0 Å². The lowest BCUT2D eigenvalue weighted by atomic mass is 9.97. The molecule has 0 aromatic carbocycles. The van der Waals surface area contributed by atoms with E-state index in [1.165, 1.54) is 10.9 Å². The number of hydrogen-bond acceptors (Lipinski definition) is 5. The van der Waals surface area contributed by atoms with Gasteiger partial charge in [0.1, 0.15) is 6.20 Å². The first-order chi connectivity index (χ1) is 8.61. The van der Waals surface area contributed by atoms with E-state index < -0.39 is 4.92 Å². The average Bonchev–Trinajstić information content (AvgIpc) is 2.91. The quantitative estimate of drug-likeness (QED) is 0.607. The third-order valence-corrected chi connectivity index (χ3v) is 3.59. The summed E-state index contributed by atoms with van der Waals surface area (Å²) in [5, 5.41) is 27.1. The summed E-state index contributed by atoms with van der Waals surface area (Å²) in [4.78, 5) is 10.4. The largest absolute Gasteiger partial charge is 0.396 e. The lowest BCUT2D eigenvalue weighted by Crippen LogP contribution is -2.21. The van der Waals surface area contributed by atoms with Crippen LogP contribution in [0.3, 0.4) is 0 Å². The Labute approximate surface area is 105 Å². The smallest absolute Gasteiger partial charge is 0.330 e. The average molecular weight is 254 g/mol. The molecule has 100 valence electrons. The van der Waals surface area contributed by atoms with E-state index in [1.807, 2.05) is 0 Å². The van der Waals surface area contributed by atoms with Gasteiger partial charge in [0, 0.05) is 20.2 Å². The van der Waals surface area contributed by atoms with Gasteiger partial charge in [-0.2, -0.15) is 0 Å². The molecule has 1 aliphatic carbocycles. The van der Waals surface area contributed by atoms with Crippen LogP contribution < -0.4 is 5.32 Å². The van der Waals surface area contributed by atoms with Gasteiger partial charge in [0.05, 0.1) is 4.92 Å². The monoisotopic (exact) mass is 254 g/mol. The molecule has 0 amide bonds. The van der Waals surface area contributed by atoms with E-state index in [9.17, 15) is 15.2 Å². The molecule has 2 atom stereocenters. The fraction of sp³-hybridized carbons (Fsp3) is 0.727. The second-order valence-corrected chi connectivity index (χ2v) is 4.81. The summed E-state index contributed by atoms with van der Waals surface area (Å²) in [6.07, 6.45) is 4.59. The lowest BCUT2D eigenvalue weighted by molar-refractivity contribution is -0.384. The van der Waals surface area contributed by atoms with Crippen LogP contribution in [0.1, 0.15) is 19.3 Å². The first-order valence-corrected chi connectivity index (χ1v) is 6.14. The summed E-state index contributed by atoms with van der Waals surface area (Å²) in [7, 11) is 1.66. The fourth-order valence-corrected chi connectivity index (χ4v) is 2.59. The van der Waals surface area contributed by atoms with Crippen molar-refractivity contribution in [3.8, 4) is 0 Å². The van der Waals surface area contributed by atoms with Crippen LogP contribution in [-0.4, -0.2) is 33.0 Å². The zero-order valence-electron chi connectivity index (χ0n) is 10.4. The van der Waals surface area contributed by atoms with Crippen molar-refractivity contribution in [2.24, 2.45) is 18.9 Å². The fourth-order valence-electron chi connectivity index (χ4n) is 2.59. The van der Waals surface area contributed by atoms with E-state index in [0.717, 1.165) is 19.3 Å². The van der Waals surface area contributed by atoms with Crippen LogP contribution in [-0.2, 0) is 7.05 Å². The molecule has 0 bridgehead atoms. The van der Waals surface area contributed by atoms with E-state index in [-0.39, 0.29) is 12.3 Å². The van der Waals surface area contributed by atoms with Crippen LogP contribution in [0.5, 0.6) is 0 Å². The van der Waals surface area contributed by atoms with Crippen molar-refractivity contribution >= 4 is 11.5 Å². The standard InChI is InChI=1S/C11H18N4O3/c1-14-6-10(15(17)18)11(13-14)12-5-8-3-2-4-9(8)7-16/h6,8-9,16H,2-5,7H2,1H3,(H,12,13). The highest BCUT2D eigenvalue weighted by Crippen LogP contribution is 2.32. The second-order valence-electron chi connectivity index (χ2n) is 4.81. The third-order valence-electron chi connectivity index (χ3n) is 3.59. The van der Waals surface area contributed by atoms with E-state index in [0.29, 0.717) is 24.2 Å². The summed E-state index contributed by atoms with van der Waals surface area (Å²) >= 11 is 0. The molecule has 2 rings (SSSR count). The highest BCUT2D eigenvalue weighted by Gasteiger charge is 2.27. The van der Waals surface area contributed by atoms with Gasteiger partial charge in [0.15, 0.2) is 0 Å². The number of aryl methyl sites for hydroxylation is 1. The Hall–Kier alpha value is -1.63. The van der Waals surface area contributed by atoms with Gasteiger partial charge in [0.25, 0.3) is 0 Å². The number of nitrogens with zero attached hydrogens (tertiary/aromatic N) is 3. The topological polar surface area (TPSA) is 93.2 Å². The van der Waals surface area contributed by atoms with Crippen molar-refractivity contribution in [1.29, 1.82) is 0 Å². The minimum absolute atomic E-state index is 0.00366. The van der Waals surface area contributed by atoms with E-state index >= 15 is 0 Å². The molecule has 2 unspecified atom stereocenters. The number of nitrogens with one attached hydrogen (secondary N) is 1. The molecule has 1 aliphatic rings. The van der Waals surface area contributed by atoms with Crippen molar-refractivity contribution in [1.82, 2.24) is 9.78 Å². The summed E-state index contributed by atoms with van der Waals surface area (Å²) in [5.41, 5.74) is -0.00366. The maximum Gasteiger partial charge on any atom is 0.330 e. The van der Waals surface area contributed by atoms with Crippen LogP contribution >= 0.6 is 0 Å². The molecule has 7 heteroatoms. The maximum atomic E-state index is 10.8. The minimum atomic E-state index is -0.437. The van der Waals surface area contributed by atoms with Gasteiger partial charge in [-0.05, 0) is 24.7 Å². The van der Waals surface area contributed by atoms with Crippen molar-refractivity contribution in [3.63, 3.8) is 0 Å². The third kappa shape index (κ3) is 2.61. The molecule has 1 saturated carbocycles. The van der Waals surface area contributed by atoms with E-state index in [1.54, 1.807) is 7.05 Å². The van der Waals surface area contributed by atoms with Gasteiger partial charge < -0.3 is 10.4 Å². The Morgan fingerprint density at radius 3 is 3.00 bits per heavy atom. The zero-order valence-corrected chi connectivity index (χ0v) is 10.4. The molecule has 7 nitrogen and oxygen atoms in total. The highest BCUT2D eigenvalue weighted by atomic mass is 16.6. The Morgan fingerprint density at radius 1 is 1.61 bits per heavy atom. The summed E-state index contributed by atoms with van der Waals surface area (Å²) in [6.45, 7) is 0.819. The SMILES string of the molecule is Cn1cc([N+](=O)[O-])c(NCC2CCCC2CO)n1. The molecular weight excluding hydrogens is 236 g/mol. The van der Waals surface area contributed by atoms with Crippen LogP contribution in [0.15, 0.2) is 6.20 Å². The predicted molar refractivity (Wildman–Crippen MR) is 66.3 cm³/mol. The zero-order chi connectivity index (χ0) is 13.1. The summed E-state index contributed by atoms with van der Waals surface area (Å²) in [6, 6.07) is 0. The van der Waals surface area contributed by atoms with Gasteiger partial charge >= 0.3 is 5.69 Å². The molecule has 1 aromatic heterocycles. The first-order valence-electron chi connectivity index (χ1n) is 6.14. The number of rotatable bonds is 5. The number of aliphatic hydroxyl groups is 1. The Bertz CT molecular complexity index is 432. The minimum Gasteiger partial charge on any atom is -0.396 e. The molecule has 2 N–H and O–H groups in total. The Kier molecular flexibility index (Phi) is 3.81. The molecule has 1 aromatic rings. The normalized spacial score (nSPS) is 23.2. The first kappa shape index (κ1) is 12.8. The second kappa shape index (κ2) is 5.34. The Morgan fingerprint density at radius 2 is 2.33 bits per heavy atom. The summed E-state index contributed by atoms with van der Waals surface area (Å²) < 4.78 is 1.43. The summed E-state index contributed by atoms with van der Waals surface area (Å²) in [5.74, 6) is 0.989. The number of aromatic nitrogens is 2. The molecule has 1 fully saturated rings. The number of anilines is 1. The lowest BCUT2D eigenvalue weighted by Gasteiger charge is -2.17. The van der Waals surface area contributed by atoms with Gasteiger partial charge in [0.2, 0.25) is 5.82 Å². The molecule has 0 spiro atoms. The Balaban J connectivity index is 1.99. The number of hydrogen-bond donors (Lipinski definition) is 2. The van der Waals surface area contributed by atoms with Crippen LogP contribution in [0.25, 0.3) is 0 Å². The van der Waals surface area contributed by atoms with Gasteiger partial charge in [-0.1, -0.05) is 6.42 Å². The molecule has 0 radical (unpaired) electrons. The van der Waals surface area contributed by atoms with Crippen LogP contribution in [0.2, 0.25) is 0 Å². The molecular formula is C11H18N4O3. The number of nitro groups is 1. The van der Waals surface area contributed by atoms with Gasteiger partial charge in [-0.15, -0.1) is 5.10 Å². The van der Waals surface area contributed by atoms with Crippen molar-refractivity contribution in [2.45, 2.75) is 19.3 Å². The molecule has 0 saturated heterocycles. The predicted octanol–water partition coefficient (Wildman–Crippen LogP) is 1.15. The number of aliphatic hydroxyl groups excluding tert-OH is 1. The van der Waals surface area contributed by atoms with Crippen molar-refractivity contribution in [3.05, 3.63) is 16.3 Å². The highest BCUT2D eigenvalue weighted by molar-refractivity contribution is 5.54. The van der Waals surface area contributed by atoms with E-state index in [4.69, 9.17) is 0 Å². The van der Waals surface area contributed by atoms with Gasteiger partial charge in [-0.3, -0.25) is 14.8 Å². The molecule has 18 heavy (non-hydrogen) atoms. The van der Waals surface area contributed by atoms with E-state index in [2.05, 4.69) is 10.4 Å². The van der Waals surface area contributed by atoms with Crippen LogP contribution in [0.4, 0.5) is 11.5 Å². The molecule has 1 heterocycles. The van der Waals surface area contributed by atoms with Crippen molar-refractivity contribution < 1.29 is 10.0 Å². The maximum absolute atomic E-state index is 10.8. The van der Waals surface area contributed by atoms with Crippen molar-refractivity contribution in [2.75, 3.05) is 18.5 Å². The van der Waals surface area contributed by atoms with Gasteiger partial charge in [-0.25, -0.2) is 0 Å². The molecule has 0 aliphatic heterocycles.